The van der Waals surface area contributed by atoms with Gasteiger partial charge in [0, 0.05) is 13.1 Å². The van der Waals surface area contributed by atoms with Crippen molar-refractivity contribution >= 4 is 0 Å². The molecule has 1 aromatic rings. The van der Waals surface area contributed by atoms with E-state index in [0.717, 1.165) is 26.1 Å². The molecule has 20 heavy (non-hydrogen) atoms. The number of hydrogen-bond acceptors (Lipinski definition) is 2. The van der Waals surface area contributed by atoms with Crippen molar-refractivity contribution in [2.45, 2.75) is 51.6 Å². The van der Waals surface area contributed by atoms with Crippen LogP contribution >= 0.6 is 0 Å². The zero-order valence-electron chi connectivity index (χ0n) is 12.7. The Morgan fingerprint density at radius 3 is 2.85 bits per heavy atom. The molecule has 1 heterocycles. The van der Waals surface area contributed by atoms with Crippen LogP contribution in [-0.4, -0.2) is 19.7 Å². The Morgan fingerprint density at radius 2 is 2.05 bits per heavy atom. The molecule has 2 nitrogen and oxygen atoms in total. The molecule has 0 amide bonds. The lowest BCUT2D eigenvalue weighted by Gasteiger charge is -2.31. The fourth-order valence-corrected chi connectivity index (χ4v) is 3.89. The van der Waals surface area contributed by atoms with Crippen LogP contribution in [0.3, 0.4) is 0 Å². The highest BCUT2D eigenvalue weighted by Crippen LogP contribution is 2.40. The Balaban J connectivity index is 1.57. The summed E-state index contributed by atoms with van der Waals surface area (Å²) in [5, 5.41) is 3.70. The molecule has 1 fully saturated rings. The van der Waals surface area contributed by atoms with Gasteiger partial charge in [0.05, 0.1) is 12.7 Å². The van der Waals surface area contributed by atoms with Crippen LogP contribution in [0.2, 0.25) is 0 Å². The first kappa shape index (κ1) is 14.1. The standard InChI is InChI=1S/C18H27NO/c1-2-18(10-5-6-11-18)14-19-13-17-16-8-4-3-7-15(16)9-12-20-17/h3-4,7-8,17,19H,2,5-6,9-14H2,1H3. The Kier molecular flexibility index (Phi) is 4.42. The average molecular weight is 273 g/mol. The molecule has 3 rings (SSSR count). The molecule has 0 spiro atoms. The van der Waals surface area contributed by atoms with Gasteiger partial charge in [0.1, 0.15) is 0 Å². The van der Waals surface area contributed by atoms with E-state index in [1.165, 1.54) is 43.2 Å². The summed E-state index contributed by atoms with van der Waals surface area (Å²) in [5.74, 6) is 0. The SMILES string of the molecule is CCC1(CNCC2OCCc3ccccc32)CCCC1. The fourth-order valence-electron chi connectivity index (χ4n) is 3.89. The number of nitrogens with one attached hydrogen (secondary N) is 1. The van der Waals surface area contributed by atoms with Gasteiger partial charge in [-0.15, -0.1) is 0 Å². The maximum Gasteiger partial charge on any atom is 0.0952 e. The molecular weight excluding hydrogens is 246 g/mol. The number of benzene rings is 1. The highest BCUT2D eigenvalue weighted by Gasteiger charge is 2.31. The van der Waals surface area contributed by atoms with E-state index in [1.807, 2.05) is 0 Å². The molecular formula is C18H27NO. The third-order valence-electron chi connectivity index (χ3n) is 5.34. The van der Waals surface area contributed by atoms with Crippen LogP contribution in [0, 0.1) is 5.41 Å². The molecule has 1 aliphatic carbocycles. The molecule has 2 heteroatoms. The zero-order chi connectivity index (χ0) is 13.8. The van der Waals surface area contributed by atoms with Crippen molar-refractivity contribution in [2.75, 3.05) is 19.7 Å². The maximum absolute atomic E-state index is 5.97. The Bertz CT molecular complexity index is 437. The molecule has 1 aliphatic heterocycles. The molecule has 110 valence electrons. The van der Waals surface area contributed by atoms with E-state index in [4.69, 9.17) is 4.74 Å². The van der Waals surface area contributed by atoms with Gasteiger partial charge in [0.2, 0.25) is 0 Å². The molecule has 1 aromatic carbocycles. The third kappa shape index (κ3) is 2.91. The molecule has 0 aromatic heterocycles. The average Bonchev–Trinajstić information content (AvgIpc) is 2.97. The monoisotopic (exact) mass is 273 g/mol. The normalized spacial score (nSPS) is 24.6. The van der Waals surface area contributed by atoms with E-state index in [2.05, 4.69) is 36.5 Å². The van der Waals surface area contributed by atoms with Crippen molar-refractivity contribution in [1.29, 1.82) is 0 Å². The topological polar surface area (TPSA) is 21.3 Å². The second kappa shape index (κ2) is 6.28. The summed E-state index contributed by atoms with van der Waals surface area (Å²) in [5.41, 5.74) is 3.42. The van der Waals surface area contributed by atoms with E-state index in [1.54, 1.807) is 0 Å². The Hall–Kier alpha value is -0.860. The summed E-state index contributed by atoms with van der Waals surface area (Å²) in [6.45, 7) is 5.33. The summed E-state index contributed by atoms with van der Waals surface area (Å²) >= 11 is 0. The van der Waals surface area contributed by atoms with Crippen molar-refractivity contribution < 1.29 is 4.74 Å². The van der Waals surface area contributed by atoms with E-state index in [9.17, 15) is 0 Å². The van der Waals surface area contributed by atoms with Crippen LogP contribution in [-0.2, 0) is 11.2 Å². The van der Waals surface area contributed by atoms with E-state index >= 15 is 0 Å². The number of ether oxygens (including phenoxy) is 1. The van der Waals surface area contributed by atoms with Gasteiger partial charge in [-0.1, -0.05) is 44.0 Å². The zero-order valence-corrected chi connectivity index (χ0v) is 12.7. The van der Waals surface area contributed by atoms with Crippen molar-refractivity contribution in [2.24, 2.45) is 5.41 Å². The van der Waals surface area contributed by atoms with Gasteiger partial charge in [-0.25, -0.2) is 0 Å². The molecule has 0 bridgehead atoms. The lowest BCUT2D eigenvalue weighted by Crippen LogP contribution is -2.35. The first-order valence-electron chi connectivity index (χ1n) is 8.23. The fraction of sp³-hybridized carbons (Fsp3) is 0.667. The van der Waals surface area contributed by atoms with Gasteiger partial charge >= 0.3 is 0 Å². The summed E-state index contributed by atoms with van der Waals surface area (Å²) < 4.78 is 5.97. The lowest BCUT2D eigenvalue weighted by molar-refractivity contribution is 0.0404. The Labute approximate surface area is 122 Å². The first-order valence-corrected chi connectivity index (χ1v) is 8.23. The molecule has 1 saturated carbocycles. The molecule has 2 aliphatic rings. The van der Waals surface area contributed by atoms with Crippen molar-refractivity contribution in [3.63, 3.8) is 0 Å². The second-order valence-electron chi connectivity index (χ2n) is 6.50. The maximum atomic E-state index is 5.97. The summed E-state index contributed by atoms with van der Waals surface area (Å²) in [6.07, 6.45) is 8.25. The molecule has 0 radical (unpaired) electrons. The van der Waals surface area contributed by atoms with Crippen LogP contribution in [0.1, 0.15) is 56.3 Å². The predicted octanol–water partition coefficient (Wildman–Crippen LogP) is 3.86. The third-order valence-corrected chi connectivity index (χ3v) is 5.34. The van der Waals surface area contributed by atoms with E-state index in [0.29, 0.717) is 5.41 Å². The number of rotatable bonds is 5. The van der Waals surface area contributed by atoms with Crippen LogP contribution in [0.25, 0.3) is 0 Å². The predicted molar refractivity (Wildman–Crippen MR) is 82.9 cm³/mol. The highest BCUT2D eigenvalue weighted by atomic mass is 16.5. The highest BCUT2D eigenvalue weighted by molar-refractivity contribution is 5.31. The molecule has 1 N–H and O–H groups in total. The minimum absolute atomic E-state index is 0.246. The molecule has 1 atom stereocenters. The van der Waals surface area contributed by atoms with Crippen LogP contribution in [0.15, 0.2) is 24.3 Å². The van der Waals surface area contributed by atoms with Crippen LogP contribution in [0.5, 0.6) is 0 Å². The number of fused-ring (bicyclic) bond motifs is 1. The van der Waals surface area contributed by atoms with E-state index in [-0.39, 0.29) is 6.10 Å². The minimum atomic E-state index is 0.246. The molecule has 1 unspecified atom stereocenters. The second-order valence-corrected chi connectivity index (χ2v) is 6.50. The summed E-state index contributed by atoms with van der Waals surface area (Å²) in [7, 11) is 0. The largest absolute Gasteiger partial charge is 0.372 e. The number of hydrogen-bond donors (Lipinski definition) is 1. The Morgan fingerprint density at radius 1 is 1.25 bits per heavy atom. The van der Waals surface area contributed by atoms with Crippen molar-refractivity contribution in [1.82, 2.24) is 5.32 Å². The van der Waals surface area contributed by atoms with Crippen molar-refractivity contribution in [3.8, 4) is 0 Å². The van der Waals surface area contributed by atoms with Crippen LogP contribution in [0.4, 0.5) is 0 Å². The van der Waals surface area contributed by atoms with Gasteiger partial charge < -0.3 is 10.1 Å². The smallest absolute Gasteiger partial charge is 0.0952 e. The summed E-state index contributed by atoms with van der Waals surface area (Å²) in [4.78, 5) is 0. The van der Waals surface area contributed by atoms with Gasteiger partial charge in [-0.2, -0.15) is 0 Å². The first-order chi connectivity index (χ1) is 9.83. The van der Waals surface area contributed by atoms with Crippen LogP contribution < -0.4 is 5.32 Å². The lowest BCUT2D eigenvalue weighted by atomic mass is 9.83. The van der Waals surface area contributed by atoms with E-state index < -0.39 is 0 Å². The van der Waals surface area contributed by atoms with Gasteiger partial charge in [-0.3, -0.25) is 0 Å². The quantitative estimate of drug-likeness (QED) is 0.879. The minimum Gasteiger partial charge on any atom is -0.372 e. The van der Waals surface area contributed by atoms with Gasteiger partial charge in [0.25, 0.3) is 0 Å². The van der Waals surface area contributed by atoms with Crippen molar-refractivity contribution in [3.05, 3.63) is 35.4 Å². The van der Waals surface area contributed by atoms with Gasteiger partial charge in [0.15, 0.2) is 0 Å². The summed E-state index contributed by atoms with van der Waals surface area (Å²) in [6, 6.07) is 8.74. The van der Waals surface area contributed by atoms with Gasteiger partial charge in [-0.05, 0) is 42.2 Å². The molecule has 0 saturated heterocycles.